The molecule has 2 unspecified atom stereocenters. The van der Waals surface area contributed by atoms with Crippen molar-refractivity contribution < 1.29 is 19.4 Å². The van der Waals surface area contributed by atoms with Gasteiger partial charge in [-0.05, 0) is 39.8 Å². The molecule has 1 aromatic carbocycles. The number of carboxylic acid groups (broad SMARTS) is 1. The maximum absolute atomic E-state index is 12.0. The third-order valence-electron chi connectivity index (χ3n) is 2.87. The van der Waals surface area contributed by atoms with Gasteiger partial charge in [-0.1, -0.05) is 17.7 Å². The first kappa shape index (κ1) is 16.0. The van der Waals surface area contributed by atoms with E-state index in [0.717, 1.165) is 5.56 Å². The first-order valence-electron chi connectivity index (χ1n) is 6.57. The van der Waals surface area contributed by atoms with Crippen molar-refractivity contribution in [2.24, 2.45) is 5.92 Å². The molecule has 0 saturated heterocycles. The summed E-state index contributed by atoms with van der Waals surface area (Å²) in [5.41, 5.74) is 1.78. The molecule has 0 amide bonds. The van der Waals surface area contributed by atoms with Gasteiger partial charge in [-0.15, -0.1) is 0 Å². The van der Waals surface area contributed by atoms with Gasteiger partial charge in [0.2, 0.25) is 0 Å². The van der Waals surface area contributed by atoms with E-state index in [9.17, 15) is 9.59 Å². The van der Waals surface area contributed by atoms with Crippen molar-refractivity contribution in [3.8, 4) is 0 Å². The molecule has 1 aromatic rings. The Morgan fingerprint density at radius 3 is 2.15 bits per heavy atom. The number of rotatable bonds is 6. The van der Waals surface area contributed by atoms with Crippen molar-refractivity contribution in [1.82, 2.24) is 0 Å². The quantitative estimate of drug-likeness (QED) is 0.782. The normalized spacial score (nSPS) is 13.7. The molecular formula is C15H21NO4. The van der Waals surface area contributed by atoms with Crippen LogP contribution in [-0.2, 0) is 14.3 Å². The summed E-state index contributed by atoms with van der Waals surface area (Å²) in [5, 5.41) is 12.0. The fourth-order valence-electron chi connectivity index (χ4n) is 1.67. The zero-order valence-electron chi connectivity index (χ0n) is 12.2. The summed E-state index contributed by atoms with van der Waals surface area (Å²) in [5.74, 6) is -2.49. The minimum absolute atomic E-state index is 0.286. The molecule has 2 atom stereocenters. The molecule has 0 aliphatic carbocycles. The van der Waals surface area contributed by atoms with Crippen molar-refractivity contribution in [3.05, 3.63) is 29.8 Å². The molecule has 0 heterocycles. The van der Waals surface area contributed by atoms with Gasteiger partial charge < -0.3 is 15.2 Å². The molecular weight excluding hydrogens is 258 g/mol. The van der Waals surface area contributed by atoms with Gasteiger partial charge in [0.1, 0.15) is 6.04 Å². The number of carbonyl (C=O) groups is 2. The number of aryl methyl sites for hydroxylation is 1. The molecule has 0 aliphatic rings. The third-order valence-corrected chi connectivity index (χ3v) is 2.87. The maximum atomic E-state index is 12.0. The van der Waals surface area contributed by atoms with Crippen LogP contribution in [0.15, 0.2) is 24.3 Å². The van der Waals surface area contributed by atoms with Crippen LogP contribution in [0.25, 0.3) is 0 Å². The van der Waals surface area contributed by atoms with E-state index in [1.165, 1.54) is 6.92 Å². The molecule has 110 valence electrons. The molecule has 1 rings (SSSR count). The number of esters is 1. The average molecular weight is 279 g/mol. The number of nitrogens with one attached hydrogen (secondary N) is 1. The number of carboxylic acids is 1. The van der Waals surface area contributed by atoms with Crippen molar-refractivity contribution in [1.29, 1.82) is 0 Å². The summed E-state index contributed by atoms with van der Waals surface area (Å²) >= 11 is 0. The van der Waals surface area contributed by atoms with Gasteiger partial charge in [0.25, 0.3) is 0 Å². The van der Waals surface area contributed by atoms with Gasteiger partial charge in [-0.2, -0.15) is 0 Å². The average Bonchev–Trinajstić information content (AvgIpc) is 2.36. The predicted octanol–water partition coefficient (Wildman–Crippen LogP) is 2.45. The Morgan fingerprint density at radius 1 is 1.15 bits per heavy atom. The Kier molecular flexibility index (Phi) is 5.55. The lowest BCUT2D eigenvalue weighted by Gasteiger charge is -2.23. The Bertz CT molecular complexity index is 467. The van der Waals surface area contributed by atoms with Crippen LogP contribution in [0.2, 0.25) is 0 Å². The van der Waals surface area contributed by atoms with Crippen LogP contribution in [0.5, 0.6) is 0 Å². The van der Waals surface area contributed by atoms with Crippen LogP contribution in [-0.4, -0.2) is 29.2 Å². The molecule has 2 N–H and O–H groups in total. The van der Waals surface area contributed by atoms with Crippen molar-refractivity contribution in [2.45, 2.75) is 39.8 Å². The highest BCUT2D eigenvalue weighted by Crippen LogP contribution is 2.16. The maximum Gasteiger partial charge on any atom is 0.329 e. The summed E-state index contributed by atoms with van der Waals surface area (Å²) in [6, 6.07) is 6.47. The topological polar surface area (TPSA) is 75.6 Å². The fourth-order valence-corrected chi connectivity index (χ4v) is 1.67. The second-order valence-corrected chi connectivity index (χ2v) is 5.10. The van der Waals surface area contributed by atoms with Crippen LogP contribution >= 0.6 is 0 Å². The highest BCUT2D eigenvalue weighted by molar-refractivity contribution is 5.86. The lowest BCUT2D eigenvalue weighted by molar-refractivity contribution is -0.154. The Morgan fingerprint density at radius 2 is 1.70 bits per heavy atom. The molecule has 0 spiro atoms. The van der Waals surface area contributed by atoms with Gasteiger partial charge in [0.15, 0.2) is 0 Å². The first-order chi connectivity index (χ1) is 9.31. The van der Waals surface area contributed by atoms with Gasteiger partial charge >= 0.3 is 11.9 Å². The molecule has 0 bridgehead atoms. The molecule has 0 saturated carbocycles. The number of hydrogen-bond acceptors (Lipinski definition) is 4. The van der Waals surface area contributed by atoms with E-state index in [2.05, 4.69) is 5.32 Å². The fraction of sp³-hybridized carbons (Fsp3) is 0.467. The van der Waals surface area contributed by atoms with Crippen LogP contribution in [0, 0.1) is 12.8 Å². The smallest absolute Gasteiger partial charge is 0.329 e. The van der Waals surface area contributed by atoms with Crippen LogP contribution in [0.4, 0.5) is 5.69 Å². The SMILES string of the molecule is Cc1ccc(NC(C(=O)OC(C)C)C(C)C(=O)O)cc1. The molecule has 5 heteroatoms. The number of carbonyl (C=O) groups excluding carboxylic acids is 1. The summed E-state index contributed by atoms with van der Waals surface area (Å²) < 4.78 is 5.11. The molecule has 0 radical (unpaired) electrons. The lowest BCUT2D eigenvalue weighted by Crippen LogP contribution is -2.41. The molecule has 5 nitrogen and oxygen atoms in total. The number of aliphatic carboxylic acids is 1. The largest absolute Gasteiger partial charge is 0.481 e. The number of anilines is 1. The van der Waals surface area contributed by atoms with E-state index in [0.29, 0.717) is 5.69 Å². The summed E-state index contributed by atoms with van der Waals surface area (Å²) in [6.07, 6.45) is -0.286. The molecule has 20 heavy (non-hydrogen) atoms. The van der Waals surface area contributed by atoms with E-state index >= 15 is 0 Å². The van der Waals surface area contributed by atoms with Crippen LogP contribution < -0.4 is 5.32 Å². The molecule has 0 aliphatic heterocycles. The van der Waals surface area contributed by atoms with E-state index < -0.39 is 23.9 Å². The van der Waals surface area contributed by atoms with Crippen molar-refractivity contribution in [2.75, 3.05) is 5.32 Å². The summed E-state index contributed by atoms with van der Waals surface area (Å²) in [7, 11) is 0. The van der Waals surface area contributed by atoms with Gasteiger partial charge in [-0.25, -0.2) is 4.79 Å². The zero-order valence-corrected chi connectivity index (χ0v) is 12.2. The second kappa shape index (κ2) is 6.93. The Labute approximate surface area is 118 Å². The standard InChI is InChI=1S/C15H21NO4/c1-9(2)20-15(19)13(11(4)14(17)18)16-12-7-5-10(3)6-8-12/h5-9,11,13,16H,1-4H3,(H,17,18). The summed E-state index contributed by atoms with van der Waals surface area (Å²) in [4.78, 5) is 23.2. The van der Waals surface area contributed by atoms with Gasteiger partial charge in [0.05, 0.1) is 12.0 Å². The van der Waals surface area contributed by atoms with Gasteiger partial charge in [0, 0.05) is 5.69 Å². The van der Waals surface area contributed by atoms with Crippen molar-refractivity contribution in [3.63, 3.8) is 0 Å². The van der Waals surface area contributed by atoms with Crippen LogP contribution in [0.1, 0.15) is 26.3 Å². The van der Waals surface area contributed by atoms with E-state index in [1.54, 1.807) is 26.0 Å². The number of ether oxygens (including phenoxy) is 1. The Balaban J connectivity index is 2.89. The van der Waals surface area contributed by atoms with Gasteiger partial charge in [-0.3, -0.25) is 4.79 Å². The summed E-state index contributed by atoms with van der Waals surface area (Å²) in [6.45, 7) is 6.89. The monoisotopic (exact) mass is 279 g/mol. The highest BCUT2D eigenvalue weighted by atomic mass is 16.5. The van der Waals surface area contributed by atoms with E-state index in [4.69, 9.17) is 9.84 Å². The number of hydrogen-bond donors (Lipinski definition) is 2. The van der Waals surface area contributed by atoms with E-state index in [1.807, 2.05) is 19.1 Å². The predicted molar refractivity (Wildman–Crippen MR) is 76.6 cm³/mol. The van der Waals surface area contributed by atoms with E-state index in [-0.39, 0.29) is 6.10 Å². The highest BCUT2D eigenvalue weighted by Gasteiger charge is 2.31. The van der Waals surface area contributed by atoms with Crippen molar-refractivity contribution >= 4 is 17.6 Å². The minimum Gasteiger partial charge on any atom is -0.481 e. The molecule has 0 aromatic heterocycles. The third kappa shape index (κ3) is 4.57. The van der Waals surface area contributed by atoms with Crippen LogP contribution in [0.3, 0.4) is 0 Å². The Hall–Kier alpha value is -2.04. The number of benzene rings is 1. The minimum atomic E-state index is -1.05. The first-order valence-corrected chi connectivity index (χ1v) is 6.57. The lowest BCUT2D eigenvalue weighted by atomic mass is 10.0. The second-order valence-electron chi connectivity index (χ2n) is 5.10. The molecule has 0 fully saturated rings. The zero-order chi connectivity index (χ0) is 15.3.